The number of allylic oxidation sites excluding steroid dienone is 1. The van der Waals surface area contributed by atoms with Gasteiger partial charge in [0, 0.05) is 5.41 Å². The van der Waals surface area contributed by atoms with E-state index in [2.05, 4.69) is 43.3 Å². The summed E-state index contributed by atoms with van der Waals surface area (Å²) in [4.78, 5) is 0. The van der Waals surface area contributed by atoms with Crippen molar-refractivity contribution in [2.45, 2.75) is 39.4 Å². The Kier molecular flexibility index (Phi) is 3.47. The van der Waals surface area contributed by atoms with Crippen molar-refractivity contribution in [1.29, 1.82) is 0 Å². The predicted molar refractivity (Wildman–Crippen MR) is 81.2 cm³/mol. The Morgan fingerprint density at radius 3 is 2.40 bits per heavy atom. The zero-order valence-electron chi connectivity index (χ0n) is 12.7. The summed E-state index contributed by atoms with van der Waals surface area (Å²) < 4.78 is 11.8. The lowest BCUT2D eigenvalue weighted by molar-refractivity contribution is -0.284. The number of hydrogen-bond acceptors (Lipinski definition) is 2. The van der Waals surface area contributed by atoms with E-state index in [0.29, 0.717) is 5.92 Å². The van der Waals surface area contributed by atoms with Crippen LogP contribution in [0.25, 0.3) is 6.08 Å². The minimum absolute atomic E-state index is 0.190. The topological polar surface area (TPSA) is 18.5 Å². The van der Waals surface area contributed by atoms with Crippen molar-refractivity contribution in [2.75, 3.05) is 13.2 Å². The molecule has 1 spiro atoms. The van der Waals surface area contributed by atoms with Crippen LogP contribution in [-0.4, -0.2) is 19.0 Å². The van der Waals surface area contributed by atoms with E-state index >= 15 is 0 Å². The maximum absolute atomic E-state index is 5.90. The smallest absolute Gasteiger partial charge is 0.162 e. The lowest BCUT2D eigenvalue weighted by atomic mass is 9.86. The fourth-order valence-corrected chi connectivity index (χ4v) is 3.37. The van der Waals surface area contributed by atoms with E-state index in [1.807, 2.05) is 13.8 Å². The van der Waals surface area contributed by atoms with Gasteiger partial charge in [0.15, 0.2) is 5.79 Å². The van der Waals surface area contributed by atoms with Crippen molar-refractivity contribution < 1.29 is 9.47 Å². The summed E-state index contributed by atoms with van der Waals surface area (Å²) in [6.45, 7) is 7.95. The molecule has 0 aromatic heterocycles. The zero-order valence-corrected chi connectivity index (χ0v) is 12.7. The van der Waals surface area contributed by atoms with Crippen molar-refractivity contribution >= 4 is 6.08 Å². The van der Waals surface area contributed by atoms with Crippen molar-refractivity contribution in [3.05, 3.63) is 41.5 Å². The molecule has 3 rings (SSSR count). The molecular weight excluding hydrogens is 248 g/mol. The molecular formula is C18H24O2. The Bertz CT molecular complexity index is 491. The molecule has 1 aromatic carbocycles. The van der Waals surface area contributed by atoms with E-state index in [0.717, 1.165) is 19.6 Å². The molecule has 20 heavy (non-hydrogen) atoms. The quantitative estimate of drug-likeness (QED) is 0.760. The Morgan fingerprint density at radius 1 is 1.10 bits per heavy atom. The molecule has 1 unspecified atom stereocenters. The van der Waals surface area contributed by atoms with Crippen LogP contribution in [0.2, 0.25) is 0 Å². The number of rotatable bonds is 1. The first-order valence-corrected chi connectivity index (χ1v) is 7.52. The number of ether oxygens (including phenoxy) is 2. The molecule has 2 aliphatic rings. The lowest BCUT2D eigenvalue weighted by Crippen LogP contribution is -2.45. The molecule has 2 fully saturated rings. The van der Waals surface area contributed by atoms with Gasteiger partial charge in [-0.25, -0.2) is 0 Å². The molecule has 1 aliphatic heterocycles. The average molecular weight is 272 g/mol. The molecule has 2 nitrogen and oxygen atoms in total. The van der Waals surface area contributed by atoms with Crippen molar-refractivity contribution in [3.63, 3.8) is 0 Å². The van der Waals surface area contributed by atoms with Crippen LogP contribution in [0, 0.1) is 11.3 Å². The third kappa shape index (κ3) is 2.82. The van der Waals surface area contributed by atoms with Gasteiger partial charge in [0.25, 0.3) is 0 Å². The summed E-state index contributed by atoms with van der Waals surface area (Å²) in [5.74, 6) is 0.198. The van der Waals surface area contributed by atoms with Crippen molar-refractivity contribution in [1.82, 2.24) is 0 Å². The van der Waals surface area contributed by atoms with Gasteiger partial charge in [-0.15, -0.1) is 0 Å². The van der Waals surface area contributed by atoms with Crippen LogP contribution < -0.4 is 0 Å². The van der Waals surface area contributed by atoms with Gasteiger partial charge < -0.3 is 9.47 Å². The molecule has 108 valence electrons. The first kappa shape index (κ1) is 13.8. The first-order chi connectivity index (χ1) is 9.48. The van der Waals surface area contributed by atoms with Crippen LogP contribution in [0.5, 0.6) is 0 Å². The second-order valence-corrected chi connectivity index (χ2v) is 6.89. The summed E-state index contributed by atoms with van der Waals surface area (Å²) in [6.07, 6.45) is 4.61. The summed E-state index contributed by atoms with van der Waals surface area (Å²) in [5.41, 5.74) is 3.02. The molecule has 1 aliphatic carbocycles. The molecule has 1 saturated heterocycles. The van der Waals surface area contributed by atoms with Gasteiger partial charge in [0.2, 0.25) is 0 Å². The maximum atomic E-state index is 5.90. The monoisotopic (exact) mass is 272 g/mol. The van der Waals surface area contributed by atoms with Crippen LogP contribution in [0.3, 0.4) is 0 Å². The van der Waals surface area contributed by atoms with Crippen molar-refractivity contribution in [2.24, 2.45) is 11.3 Å². The maximum Gasteiger partial charge on any atom is 0.162 e. The standard InChI is InChI=1S/C18H24O2/c1-14-10-18(12-19-17(2,3)20-13-18)11-16(14)9-15-7-5-4-6-8-15/h4-9,14H,10-13H2,1-3H3/b16-9-. The summed E-state index contributed by atoms with van der Waals surface area (Å²) >= 11 is 0. The third-order valence-electron chi connectivity index (χ3n) is 4.55. The fourth-order valence-electron chi connectivity index (χ4n) is 3.37. The van der Waals surface area contributed by atoms with Gasteiger partial charge in [-0.2, -0.15) is 0 Å². The molecule has 0 radical (unpaired) electrons. The second-order valence-electron chi connectivity index (χ2n) is 6.89. The second kappa shape index (κ2) is 5.01. The van der Waals surface area contributed by atoms with Gasteiger partial charge in [-0.3, -0.25) is 0 Å². The Morgan fingerprint density at radius 2 is 1.75 bits per heavy atom. The molecule has 0 N–H and O–H groups in total. The minimum Gasteiger partial charge on any atom is -0.350 e. The molecule has 1 heterocycles. The Labute approximate surface area is 121 Å². The van der Waals surface area contributed by atoms with Gasteiger partial charge >= 0.3 is 0 Å². The van der Waals surface area contributed by atoms with Crippen molar-refractivity contribution in [3.8, 4) is 0 Å². The van der Waals surface area contributed by atoms with Crippen LogP contribution in [-0.2, 0) is 9.47 Å². The summed E-state index contributed by atoms with van der Waals surface area (Å²) in [7, 11) is 0. The Balaban J connectivity index is 1.76. The fraction of sp³-hybridized carbons (Fsp3) is 0.556. The molecule has 1 saturated carbocycles. The third-order valence-corrected chi connectivity index (χ3v) is 4.55. The van der Waals surface area contributed by atoms with E-state index in [-0.39, 0.29) is 5.41 Å². The molecule has 0 bridgehead atoms. The van der Waals surface area contributed by atoms with Gasteiger partial charge in [0.1, 0.15) is 0 Å². The summed E-state index contributed by atoms with van der Waals surface area (Å²) in [5, 5.41) is 0. The van der Waals surface area contributed by atoms with Gasteiger partial charge in [-0.1, -0.05) is 48.9 Å². The molecule has 1 aromatic rings. The highest BCUT2D eigenvalue weighted by molar-refractivity contribution is 5.54. The average Bonchev–Trinajstić information content (AvgIpc) is 2.72. The van der Waals surface area contributed by atoms with E-state index < -0.39 is 5.79 Å². The largest absolute Gasteiger partial charge is 0.350 e. The van der Waals surface area contributed by atoms with Gasteiger partial charge in [-0.05, 0) is 38.2 Å². The zero-order chi connectivity index (χ0) is 14.2. The molecule has 2 heteroatoms. The number of hydrogen-bond donors (Lipinski definition) is 0. The van der Waals surface area contributed by atoms with Crippen LogP contribution in [0.15, 0.2) is 35.9 Å². The SMILES string of the molecule is CC1CC2(COC(C)(C)OC2)C/C1=C/c1ccccc1. The molecule has 0 amide bonds. The highest BCUT2D eigenvalue weighted by Crippen LogP contribution is 2.49. The lowest BCUT2D eigenvalue weighted by Gasteiger charge is -2.41. The van der Waals surface area contributed by atoms with Crippen LogP contribution in [0.4, 0.5) is 0 Å². The Hall–Kier alpha value is -1.12. The van der Waals surface area contributed by atoms with E-state index in [4.69, 9.17) is 9.47 Å². The minimum atomic E-state index is -0.416. The molecule has 1 atom stereocenters. The predicted octanol–water partition coefficient (Wildman–Crippen LogP) is 4.27. The normalized spacial score (nSPS) is 29.9. The van der Waals surface area contributed by atoms with Gasteiger partial charge in [0.05, 0.1) is 13.2 Å². The highest BCUT2D eigenvalue weighted by Gasteiger charge is 2.45. The van der Waals surface area contributed by atoms with Crippen LogP contribution in [0.1, 0.15) is 39.2 Å². The summed E-state index contributed by atoms with van der Waals surface area (Å²) in [6, 6.07) is 10.6. The van der Waals surface area contributed by atoms with E-state index in [1.54, 1.807) is 0 Å². The van der Waals surface area contributed by atoms with Crippen LogP contribution >= 0.6 is 0 Å². The number of benzene rings is 1. The first-order valence-electron chi connectivity index (χ1n) is 7.52. The van der Waals surface area contributed by atoms with E-state index in [1.165, 1.54) is 17.6 Å². The van der Waals surface area contributed by atoms with E-state index in [9.17, 15) is 0 Å². The highest BCUT2D eigenvalue weighted by atomic mass is 16.7.